The molecule has 0 spiro atoms. The number of ether oxygens (including phenoxy) is 1. The van der Waals surface area contributed by atoms with Gasteiger partial charge in [-0.05, 0) is 56.0 Å². The molecule has 2 N–H and O–H groups in total. The number of hydrogen-bond donors (Lipinski definition) is 2. The summed E-state index contributed by atoms with van der Waals surface area (Å²) in [7, 11) is 0. The van der Waals surface area contributed by atoms with E-state index in [9.17, 15) is 9.59 Å². The zero-order valence-corrected chi connectivity index (χ0v) is 14.7. The van der Waals surface area contributed by atoms with Gasteiger partial charge in [0, 0.05) is 18.8 Å². The van der Waals surface area contributed by atoms with Gasteiger partial charge in [0.05, 0.1) is 0 Å². The lowest BCUT2D eigenvalue weighted by molar-refractivity contribution is -0.132. The molecule has 0 aliphatic rings. The predicted octanol–water partition coefficient (Wildman–Crippen LogP) is 2.25. The second kappa shape index (κ2) is 8.82. The van der Waals surface area contributed by atoms with E-state index in [2.05, 4.69) is 15.8 Å². The molecule has 0 aliphatic heterocycles. The molecule has 0 aliphatic carbocycles. The molecule has 0 radical (unpaired) electrons. The topological polar surface area (TPSA) is 80.3 Å². The molecule has 1 unspecified atom stereocenters. The van der Waals surface area contributed by atoms with Crippen LogP contribution in [0.25, 0.3) is 0 Å². The first kappa shape index (κ1) is 18.4. The zero-order chi connectivity index (χ0) is 18.2. The number of nitrogens with zero attached hydrogens (tertiary/aromatic N) is 1. The van der Waals surface area contributed by atoms with Crippen molar-refractivity contribution in [1.29, 1.82) is 0 Å². The Labute approximate surface area is 147 Å². The van der Waals surface area contributed by atoms with Gasteiger partial charge in [-0.3, -0.25) is 25.4 Å². The first-order valence-electron chi connectivity index (χ1n) is 8.18. The number of benzene rings is 1. The summed E-state index contributed by atoms with van der Waals surface area (Å²) >= 11 is 0. The molecule has 0 bridgehead atoms. The maximum Gasteiger partial charge on any atom is 0.279 e. The average molecular weight is 341 g/mol. The van der Waals surface area contributed by atoms with Crippen LogP contribution in [0.5, 0.6) is 5.75 Å². The summed E-state index contributed by atoms with van der Waals surface area (Å²) in [4.78, 5) is 27.9. The van der Waals surface area contributed by atoms with Crippen LogP contribution < -0.4 is 15.6 Å². The molecular weight excluding hydrogens is 318 g/mol. The van der Waals surface area contributed by atoms with Crippen molar-refractivity contribution in [3.63, 3.8) is 0 Å². The van der Waals surface area contributed by atoms with E-state index in [1.807, 2.05) is 44.2 Å². The minimum Gasteiger partial charge on any atom is -0.481 e. The van der Waals surface area contributed by atoms with Crippen LogP contribution in [0.3, 0.4) is 0 Å². The van der Waals surface area contributed by atoms with Crippen LogP contribution in [0.4, 0.5) is 0 Å². The summed E-state index contributed by atoms with van der Waals surface area (Å²) in [6.07, 6.45) is 3.49. The number of carbonyl (C=O) groups excluding carboxylic acids is 2. The summed E-state index contributed by atoms with van der Waals surface area (Å²) in [5.74, 6) is -0.0164. The molecule has 2 amide bonds. The Kier molecular flexibility index (Phi) is 6.51. The lowest BCUT2D eigenvalue weighted by atomic mass is 10.1. The van der Waals surface area contributed by atoms with E-state index in [0.717, 1.165) is 16.7 Å². The van der Waals surface area contributed by atoms with E-state index in [-0.39, 0.29) is 12.3 Å². The van der Waals surface area contributed by atoms with E-state index in [4.69, 9.17) is 4.74 Å². The molecule has 2 aromatic rings. The third-order valence-corrected chi connectivity index (χ3v) is 3.92. The van der Waals surface area contributed by atoms with Crippen molar-refractivity contribution in [3.05, 3.63) is 59.4 Å². The first-order valence-corrected chi connectivity index (χ1v) is 8.18. The number of pyridine rings is 1. The molecule has 0 saturated heterocycles. The fraction of sp³-hybridized carbons (Fsp3) is 0.316. The molecule has 6 heteroatoms. The Hall–Kier alpha value is -2.89. The van der Waals surface area contributed by atoms with Crippen molar-refractivity contribution in [2.75, 3.05) is 0 Å². The minimum absolute atomic E-state index is 0.262. The smallest absolute Gasteiger partial charge is 0.279 e. The average Bonchev–Trinajstić information content (AvgIpc) is 2.62. The molecule has 132 valence electrons. The number of aryl methyl sites for hydroxylation is 2. The maximum absolute atomic E-state index is 12.1. The Morgan fingerprint density at radius 3 is 2.68 bits per heavy atom. The molecule has 1 heterocycles. The van der Waals surface area contributed by atoms with Crippen molar-refractivity contribution < 1.29 is 14.3 Å². The molecule has 1 aromatic heterocycles. The molecule has 2 rings (SSSR count). The van der Waals surface area contributed by atoms with E-state index in [1.165, 1.54) is 0 Å². The first-order chi connectivity index (χ1) is 12.0. The number of amides is 2. The summed E-state index contributed by atoms with van der Waals surface area (Å²) in [5, 5.41) is 0. The van der Waals surface area contributed by atoms with Gasteiger partial charge in [0.1, 0.15) is 5.75 Å². The van der Waals surface area contributed by atoms with Crippen molar-refractivity contribution in [1.82, 2.24) is 15.8 Å². The molecule has 25 heavy (non-hydrogen) atoms. The van der Waals surface area contributed by atoms with E-state index >= 15 is 0 Å². The predicted molar refractivity (Wildman–Crippen MR) is 94.8 cm³/mol. The van der Waals surface area contributed by atoms with Gasteiger partial charge in [-0.2, -0.15) is 0 Å². The number of hydrazine groups is 1. The van der Waals surface area contributed by atoms with Gasteiger partial charge < -0.3 is 4.74 Å². The highest BCUT2D eigenvalue weighted by Gasteiger charge is 2.16. The number of carbonyl (C=O) groups is 2. The van der Waals surface area contributed by atoms with Gasteiger partial charge in [-0.15, -0.1) is 0 Å². The van der Waals surface area contributed by atoms with Crippen molar-refractivity contribution >= 4 is 11.8 Å². The van der Waals surface area contributed by atoms with Gasteiger partial charge >= 0.3 is 0 Å². The number of hydrogen-bond acceptors (Lipinski definition) is 4. The summed E-state index contributed by atoms with van der Waals surface area (Å²) in [5.41, 5.74) is 7.85. The van der Waals surface area contributed by atoms with Crippen LogP contribution in [-0.2, 0) is 16.0 Å². The molecule has 6 nitrogen and oxygen atoms in total. The molecule has 1 atom stereocenters. The van der Waals surface area contributed by atoms with Gasteiger partial charge in [0.25, 0.3) is 5.91 Å². The van der Waals surface area contributed by atoms with E-state index in [1.54, 1.807) is 19.3 Å². The van der Waals surface area contributed by atoms with Gasteiger partial charge in [0.15, 0.2) is 6.10 Å². The molecule has 0 fully saturated rings. The summed E-state index contributed by atoms with van der Waals surface area (Å²) in [6.45, 7) is 5.56. The van der Waals surface area contributed by atoms with Crippen molar-refractivity contribution in [2.45, 2.75) is 39.7 Å². The van der Waals surface area contributed by atoms with Crippen LogP contribution in [0, 0.1) is 13.8 Å². The molecule has 0 saturated carbocycles. The summed E-state index contributed by atoms with van der Waals surface area (Å²) in [6, 6.07) is 9.40. The zero-order valence-electron chi connectivity index (χ0n) is 14.7. The van der Waals surface area contributed by atoms with Crippen molar-refractivity contribution in [2.24, 2.45) is 0 Å². The molecular formula is C19H23N3O3. The fourth-order valence-electron chi connectivity index (χ4n) is 2.20. The largest absolute Gasteiger partial charge is 0.481 e. The van der Waals surface area contributed by atoms with Gasteiger partial charge in [0.2, 0.25) is 5.91 Å². The normalized spacial score (nSPS) is 11.5. The lowest BCUT2D eigenvalue weighted by Crippen LogP contribution is -2.47. The Balaban J connectivity index is 1.77. The fourth-order valence-corrected chi connectivity index (χ4v) is 2.20. The third-order valence-electron chi connectivity index (χ3n) is 3.92. The Bertz CT molecular complexity index is 732. The van der Waals surface area contributed by atoms with Crippen LogP contribution in [0.15, 0.2) is 42.7 Å². The lowest BCUT2D eigenvalue weighted by Gasteiger charge is -2.17. The number of nitrogens with one attached hydrogen (secondary N) is 2. The maximum atomic E-state index is 12.1. The molecule has 1 aromatic carbocycles. The second-order valence-corrected chi connectivity index (χ2v) is 5.86. The number of aromatic nitrogens is 1. The third kappa shape index (κ3) is 5.60. The van der Waals surface area contributed by atoms with E-state index in [0.29, 0.717) is 12.2 Å². The Morgan fingerprint density at radius 1 is 1.16 bits per heavy atom. The van der Waals surface area contributed by atoms with Gasteiger partial charge in [-0.25, -0.2) is 0 Å². The van der Waals surface area contributed by atoms with Crippen LogP contribution >= 0.6 is 0 Å². The minimum atomic E-state index is -0.723. The number of rotatable bonds is 6. The SMILES string of the molecule is Cc1cccc(OC(C)C(=O)NNC(=O)CCc2cccnc2)c1C. The highest BCUT2D eigenvalue weighted by atomic mass is 16.5. The van der Waals surface area contributed by atoms with Crippen LogP contribution in [-0.4, -0.2) is 22.9 Å². The highest BCUT2D eigenvalue weighted by molar-refractivity contribution is 5.84. The van der Waals surface area contributed by atoms with E-state index < -0.39 is 12.0 Å². The quantitative estimate of drug-likeness (QED) is 0.790. The van der Waals surface area contributed by atoms with Crippen LogP contribution in [0.2, 0.25) is 0 Å². The monoisotopic (exact) mass is 341 g/mol. The van der Waals surface area contributed by atoms with Crippen LogP contribution in [0.1, 0.15) is 30.0 Å². The highest BCUT2D eigenvalue weighted by Crippen LogP contribution is 2.21. The van der Waals surface area contributed by atoms with Crippen molar-refractivity contribution in [3.8, 4) is 5.75 Å². The second-order valence-electron chi connectivity index (χ2n) is 5.86. The Morgan fingerprint density at radius 2 is 1.96 bits per heavy atom. The standard InChI is InChI=1S/C19H23N3O3/c1-13-6-4-8-17(14(13)2)25-15(3)19(24)22-21-18(23)10-9-16-7-5-11-20-12-16/h4-8,11-12,15H,9-10H2,1-3H3,(H,21,23)(H,22,24). The summed E-state index contributed by atoms with van der Waals surface area (Å²) < 4.78 is 5.68. The van der Waals surface area contributed by atoms with Gasteiger partial charge in [-0.1, -0.05) is 18.2 Å².